The number of guanidine groups is 1. The van der Waals surface area contributed by atoms with Gasteiger partial charge in [0.2, 0.25) is 0 Å². The van der Waals surface area contributed by atoms with Gasteiger partial charge in [-0.3, -0.25) is 0 Å². The molecule has 1 aliphatic carbocycles. The first-order valence-electron chi connectivity index (χ1n) is 10.6. The number of nitrogens with one attached hydrogen (secondary N) is 1. The number of hydrogen-bond donors (Lipinski definition) is 1. The van der Waals surface area contributed by atoms with Crippen molar-refractivity contribution in [3.63, 3.8) is 0 Å². The molecule has 0 bridgehead atoms. The van der Waals surface area contributed by atoms with E-state index in [1.54, 1.807) is 7.11 Å². The first-order chi connectivity index (χ1) is 14.1. The predicted octanol–water partition coefficient (Wildman–Crippen LogP) is 2.90. The molecule has 0 spiro atoms. The number of aryl methyl sites for hydroxylation is 1. The molecule has 0 radical (unpaired) electrons. The fourth-order valence-electron chi connectivity index (χ4n) is 4.51. The van der Waals surface area contributed by atoms with E-state index in [0.29, 0.717) is 13.1 Å². The monoisotopic (exact) mass is 396 g/mol. The Labute approximate surface area is 173 Å². The van der Waals surface area contributed by atoms with Crippen molar-refractivity contribution >= 4 is 5.96 Å². The lowest BCUT2D eigenvalue weighted by atomic mass is 9.82. The Hall–Kier alpha value is -2.57. The Kier molecular flexibility index (Phi) is 6.02. The fourth-order valence-corrected chi connectivity index (χ4v) is 4.51. The fraction of sp³-hybridized carbons (Fsp3) is 0.591. The van der Waals surface area contributed by atoms with Crippen LogP contribution in [0.4, 0.5) is 0 Å². The molecule has 2 atom stereocenters. The minimum atomic E-state index is 0.630. The molecule has 1 aromatic heterocycles. The lowest BCUT2D eigenvalue weighted by Gasteiger charge is -2.22. The number of nitrogens with zero attached hydrogens (tertiary/aromatic N) is 5. The number of likely N-dealkylation sites (tertiary alicyclic amines) is 1. The average Bonchev–Trinajstić information content (AvgIpc) is 3.32. The summed E-state index contributed by atoms with van der Waals surface area (Å²) in [5.41, 5.74) is 1.18. The molecule has 1 N–H and O–H groups in total. The zero-order valence-corrected chi connectivity index (χ0v) is 17.8. The van der Waals surface area contributed by atoms with Gasteiger partial charge in [-0.2, -0.15) is 0 Å². The Morgan fingerprint density at radius 1 is 1.14 bits per heavy atom. The summed E-state index contributed by atoms with van der Waals surface area (Å²) < 4.78 is 7.29. The molecule has 2 aliphatic rings. The number of fused-ring (bicyclic) bond motifs is 1. The Morgan fingerprint density at radius 3 is 2.41 bits per heavy atom. The van der Waals surface area contributed by atoms with E-state index in [1.165, 1.54) is 31.2 Å². The summed E-state index contributed by atoms with van der Waals surface area (Å²) in [5.74, 6) is 5.33. The van der Waals surface area contributed by atoms with Crippen LogP contribution >= 0.6 is 0 Å². The highest BCUT2D eigenvalue weighted by Gasteiger charge is 2.35. The van der Waals surface area contributed by atoms with Crippen molar-refractivity contribution in [1.82, 2.24) is 25.0 Å². The maximum Gasteiger partial charge on any atom is 0.194 e. The summed E-state index contributed by atoms with van der Waals surface area (Å²) in [6.45, 7) is 5.47. The van der Waals surface area contributed by atoms with Crippen LogP contribution < -0.4 is 10.1 Å². The number of benzene rings is 1. The van der Waals surface area contributed by atoms with Crippen LogP contribution in [0.5, 0.6) is 5.75 Å². The summed E-state index contributed by atoms with van der Waals surface area (Å²) in [6.07, 6.45) is 5.46. The first kappa shape index (κ1) is 19.7. The zero-order chi connectivity index (χ0) is 20.2. The van der Waals surface area contributed by atoms with Crippen LogP contribution in [0, 0.1) is 18.8 Å². The van der Waals surface area contributed by atoms with E-state index in [-0.39, 0.29) is 0 Å². The third-order valence-corrected chi connectivity index (χ3v) is 6.43. The van der Waals surface area contributed by atoms with Gasteiger partial charge in [-0.1, -0.05) is 25.0 Å². The topological polar surface area (TPSA) is 67.6 Å². The molecule has 2 unspecified atom stereocenters. The zero-order valence-electron chi connectivity index (χ0n) is 17.8. The molecule has 156 valence electrons. The smallest absolute Gasteiger partial charge is 0.194 e. The molecule has 2 heterocycles. The Balaban J connectivity index is 1.48. The SMILES string of the molecule is COc1ccc(CN=C(NCc2nnc(C)n2C)N2CC3CCCCC3C2)cc1. The van der Waals surface area contributed by atoms with Crippen LogP contribution in [0.25, 0.3) is 0 Å². The van der Waals surface area contributed by atoms with Gasteiger partial charge in [-0.15, -0.1) is 10.2 Å². The molecule has 7 nitrogen and oxygen atoms in total. The number of methoxy groups -OCH3 is 1. The lowest BCUT2D eigenvalue weighted by Crippen LogP contribution is -2.40. The van der Waals surface area contributed by atoms with Crippen LogP contribution in [0.3, 0.4) is 0 Å². The highest BCUT2D eigenvalue weighted by atomic mass is 16.5. The van der Waals surface area contributed by atoms with Crippen molar-refractivity contribution in [2.75, 3.05) is 20.2 Å². The third-order valence-electron chi connectivity index (χ3n) is 6.43. The summed E-state index contributed by atoms with van der Waals surface area (Å²) in [7, 11) is 3.70. The first-order valence-corrected chi connectivity index (χ1v) is 10.6. The summed E-state index contributed by atoms with van der Waals surface area (Å²) >= 11 is 0. The molecule has 1 saturated carbocycles. The average molecular weight is 397 g/mol. The van der Waals surface area contributed by atoms with E-state index in [2.05, 4.69) is 32.5 Å². The molecule has 2 aromatic rings. The minimum Gasteiger partial charge on any atom is -0.497 e. The van der Waals surface area contributed by atoms with Crippen molar-refractivity contribution in [1.29, 1.82) is 0 Å². The highest BCUT2D eigenvalue weighted by Crippen LogP contribution is 2.36. The van der Waals surface area contributed by atoms with Gasteiger partial charge >= 0.3 is 0 Å². The highest BCUT2D eigenvalue weighted by molar-refractivity contribution is 5.80. The van der Waals surface area contributed by atoms with Gasteiger partial charge in [0.15, 0.2) is 11.8 Å². The molecule has 0 amide bonds. The Morgan fingerprint density at radius 2 is 1.83 bits per heavy atom. The molecule has 2 fully saturated rings. The summed E-state index contributed by atoms with van der Waals surface area (Å²) in [4.78, 5) is 7.43. The van der Waals surface area contributed by atoms with Crippen molar-refractivity contribution in [2.45, 2.75) is 45.7 Å². The van der Waals surface area contributed by atoms with Gasteiger partial charge in [-0.25, -0.2) is 4.99 Å². The van der Waals surface area contributed by atoms with E-state index in [0.717, 1.165) is 48.3 Å². The van der Waals surface area contributed by atoms with Gasteiger partial charge in [0.1, 0.15) is 11.6 Å². The van der Waals surface area contributed by atoms with E-state index in [9.17, 15) is 0 Å². The molecule has 1 aliphatic heterocycles. The van der Waals surface area contributed by atoms with Gasteiger partial charge in [0, 0.05) is 20.1 Å². The van der Waals surface area contributed by atoms with E-state index >= 15 is 0 Å². The van der Waals surface area contributed by atoms with Crippen LogP contribution in [-0.2, 0) is 20.1 Å². The minimum absolute atomic E-state index is 0.630. The molecule has 7 heteroatoms. The third kappa shape index (κ3) is 4.54. The van der Waals surface area contributed by atoms with Crippen LogP contribution in [0.1, 0.15) is 42.9 Å². The second-order valence-electron chi connectivity index (χ2n) is 8.27. The summed E-state index contributed by atoms with van der Waals surface area (Å²) in [6, 6.07) is 8.14. The van der Waals surface area contributed by atoms with E-state index in [1.807, 2.05) is 30.7 Å². The van der Waals surface area contributed by atoms with Crippen molar-refractivity contribution in [3.8, 4) is 5.75 Å². The van der Waals surface area contributed by atoms with E-state index < -0.39 is 0 Å². The summed E-state index contributed by atoms with van der Waals surface area (Å²) in [5, 5.41) is 12.0. The van der Waals surface area contributed by atoms with Crippen molar-refractivity contribution < 1.29 is 4.74 Å². The number of rotatable bonds is 5. The standard InChI is InChI=1S/C22H32N6O/c1-16-25-26-21(27(16)2)13-24-22(23-12-17-8-10-20(29-3)11-9-17)28-14-18-6-4-5-7-19(18)15-28/h8-11,18-19H,4-7,12-15H2,1-3H3,(H,23,24). The Bertz CT molecular complexity index is 829. The molecular weight excluding hydrogens is 364 g/mol. The second-order valence-corrected chi connectivity index (χ2v) is 8.27. The molecule has 1 aromatic carbocycles. The van der Waals surface area contributed by atoms with Crippen molar-refractivity contribution in [2.24, 2.45) is 23.9 Å². The predicted molar refractivity (Wildman–Crippen MR) is 114 cm³/mol. The maximum atomic E-state index is 5.26. The number of ether oxygens (including phenoxy) is 1. The normalized spacial score (nSPS) is 21.9. The molecule has 1 saturated heterocycles. The quantitative estimate of drug-likeness (QED) is 0.622. The molecule has 4 rings (SSSR count). The number of aromatic nitrogens is 3. The lowest BCUT2D eigenvalue weighted by molar-refractivity contribution is 0.299. The second kappa shape index (κ2) is 8.84. The van der Waals surface area contributed by atoms with Gasteiger partial charge < -0.3 is 19.5 Å². The van der Waals surface area contributed by atoms with Crippen molar-refractivity contribution in [3.05, 3.63) is 41.5 Å². The van der Waals surface area contributed by atoms with Crippen LogP contribution in [0.15, 0.2) is 29.3 Å². The molecule has 29 heavy (non-hydrogen) atoms. The van der Waals surface area contributed by atoms with E-state index in [4.69, 9.17) is 9.73 Å². The number of hydrogen-bond acceptors (Lipinski definition) is 4. The van der Waals surface area contributed by atoms with Crippen LogP contribution in [-0.4, -0.2) is 45.8 Å². The van der Waals surface area contributed by atoms with Gasteiger partial charge in [0.05, 0.1) is 20.2 Å². The van der Waals surface area contributed by atoms with Gasteiger partial charge in [-0.05, 0) is 49.3 Å². The van der Waals surface area contributed by atoms with Crippen LogP contribution in [0.2, 0.25) is 0 Å². The maximum absolute atomic E-state index is 5.26. The molecular formula is C22H32N6O. The van der Waals surface area contributed by atoms with Gasteiger partial charge in [0.25, 0.3) is 0 Å². The largest absolute Gasteiger partial charge is 0.497 e. The number of aliphatic imine (C=N–C) groups is 1.